The second-order valence-corrected chi connectivity index (χ2v) is 5.68. The highest BCUT2D eigenvalue weighted by molar-refractivity contribution is 9.10. The van der Waals surface area contributed by atoms with Gasteiger partial charge in [-0.25, -0.2) is 0 Å². The third-order valence-corrected chi connectivity index (χ3v) is 3.57. The van der Waals surface area contributed by atoms with Gasteiger partial charge in [0.1, 0.15) is 6.29 Å². The first-order valence-electron chi connectivity index (χ1n) is 6.97. The van der Waals surface area contributed by atoms with E-state index >= 15 is 0 Å². The highest BCUT2D eigenvalue weighted by Crippen LogP contribution is 2.36. The summed E-state index contributed by atoms with van der Waals surface area (Å²) in [7, 11) is 0. The molecule has 0 saturated heterocycles. The van der Waals surface area contributed by atoms with Crippen LogP contribution < -0.4 is 14.8 Å². The molecule has 1 N–H and O–H groups in total. The van der Waals surface area contributed by atoms with Gasteiger partial charge in [0.25, 0.3) is 0 Å². The molecule has 1 aliphatic rings. The Morgan fingerprint density at radius 2 is 2.19 bits per heavy atom. The zero-order valence-electron chi connectivity index (χ0n) is 11.9. The maximum atomic E-state index is 11.6. The zero-order chi connectivity index (χ0) is 15.2. The molecule has 1 fully saturated rings. The van der Waals surface area contributed by atoms with Gasteiger partial charge >= 0.3 is 0 Å². The molecule has 2 rings (SSSR count). The average molecular weight is 356 g/mol. The lowest BCUT2D eigenvalue weighted by Crippen LogP contribution is -2.26. The number of aldehydes is 1. The van der Waals surface area contributed by atoms with Crippen molar-refractivity contribution in [1.29, 1.82) is 0 Å². The predicted octanol–water partition coefficient (Wildman–Crippen LogP) is 2.71. The van der Waals surface area contributed by atoms with Gasteiger partial charge in [-0.1, -0.05) is 0 Å². The first-order chi connectivity index (χ1) is 10.1. The highest BCUT2D eigenvalue weighted by Gasteiger charge is 2.23. The second kappa shape index (κ2) is 7.45. The number of carbonyl (C=O) groups is 2. The Hall–Kier alpha value is -1.56. The van der Waals surface area contributed by atoms with Crippen molar-refractivity contribution in [2.75, 3.05) is 13.2 Å². The van der Waals surface area contributed by atoms with Crippen LogP contribution in [0.3, 0.4) is 0 Å². The molecule has 1 aromatic rings. The van der Waals surface area contributed by atoms with Gasteiger partial charge in [-0.05, 0) is 47.8 Å². The lowest BCUT2D eigenvalue weighted by atomic mass is 10.2. The van der Waals surface area contributed by atoms with E-state index in [9.17, 15) is 9.59 Å². The summed E-state index contributed by atoms with van der Waals surface area (Å²) in [4.78, 5) is 22.5. The SMILES string of the molecule is CCOc1cc(C=O)cc(Br)c1OCCC(=O)NC1CC1. The third-order valence-electron chi connectivity index (χ3n) is 2.99. The monoisotopic (exact) mass is 355 g/mol. The summed E-state index contributed by atoms with van der Waals surface area (Å²) in [6.07, 6.45) is 3.18. The van der Waals surface area contributed by atoms with E-state index in [0.717, 1.165) is 19.1 Å². The van der Waals surface area contributed by atoms with E-state index in [1.54, 1.807) is 12.1 Å². The first-order valence-corrected chi connectivity index (χ1v) is 7.77. The van der Waals surface area contributed by atoms with E-state index in [1.165, 1.54) is 0 Å². The van der Waals surface area contributed by atoms with E-state index in [4.69, 9.17) is 9.47 Å². The minimum atomic E-state index is -0.00362. The van der Waals surface area contributed by atoms with Crippen LogP contribution >= 0.6 is 15.9 Å². The van der Waals surface area contributed by atoms with E-state index in [-0.39, 0.29) is 12.5 Å². The van der Waals surface area contributed by atoms with Gasteiger partial charge in [0, 0.05) is 11.6 Å². The molecule has 0 heterocycles. The highest BCUT2D eigenvalue weighted by atomic mass is 79.9. The fourth-order valence-corrected chi connectivity index (χ4v) is 2.41. The molecule has 1 saturated carbocycles. The van der Waals surface area contributed by atoms with E-state index in [0.29, 0.717) is 40.6 Å². The minimum absolute atomic E-state index is 0.00362. The first kappa shape index (κ1) is 15.8. The molecule has 0 bridgehead atoms. The quantitative estimate of drug-likeness (QED) is 0.728. The molecule has 6 heteroatoms. The number of carbonyl (C=O) groups excluding carboxylic acids is 2. The Bertz CT molecular complexity index is 529. The fraction of sp³-hybridized carbons (Fsp3) is 0.467. The molecular weight excluding hydrogens is 338 g/mol. The molecule has 21 heavy (non-hydrogen) atoms. The maximum Gasteiger partial charge on any atom is 0.223 e. The van der Waals surface area contributed by atoms with E-state index in [2.05, 4.69) is 21.2 Å². The number of halogens is 1. The molecule has 5 nitrogen and oxygen atoms in total. The Morgan fingerprint density at radius 3 is 2.81 bits per heavy atom. The van der Waals surface area contributed by atoms with Gasteiger partial charge < -0.3 is 14.8 Å². The summed E-state index contributed by atoms with van der Waals surface area (Å²) in [5.41, 5.74) is 0.504. The van der Waals surface area contributed by atoms with Crippen LogP contribution in [0.25, 0.3) is 0 Å². The van der Waals surface area contributed by atoms with Crippen LogP contribution in [0.4, 0.5) is 0 Å². The molecule has 114 valence electrons. The fourth-order valence-electron chi connectivity index (χ4n) is 1.83. The van der Waals surface area contributed by atoms with E-state index in [1.807, 2.05) is 6.92 Å². The summed E-state index contributed by atoms with van der Waals surface area (Å²) >= 11 is 3.36. The summed E-state index contributed by atoms with van der Waals surface area (Å²) in [6.45, 7) is 2.58. The summed E-state index contributed by atoms with van der Waals surface area (Å²) in [5, 5.41) is 2.90. The smallest absolute Gasteiger partial charge is 0.223 e. The maximum absolute atomic E-state index is 11.6. The Morgan fingerprint density at radius 1 is 1.43 bits per heavy atom. The van der Waals surface area contributed by atoms with Gasteiger partial charge in [-0.15, -0.1) is 0 Å². The minimum Gasteiger partial charge on any atom is -0.490 e. The largest absolute Gasteiger partial charge is 0.490 e. The van der Waals surface area contributed by atoms with Gasteiger partial charge in [0.2, 0.25) is 5.91 Å². The van der Waals surface area contributed by atoms with Crippen molar-refractivity contribution in [3.05, 3.63) is 22.2 Å². The second-order valence-electron chi connectivity index (χ2n) is 4.82. The van der Waals surface area contributed by atoms with Crippen LogP contribution in [-0.4, -0.2) is 31.4 Å². The van der Waals surface area contributed by atoms with Gasteiger partial charge in [-0.3, -0.25) is 9.59 Å². The number of hydrogen-bond donors (Lipinski definition) is 1. The molecule has 1 amide bonds. The number of benzene rings is 1. The van der Waals surface area contributed by atoms with Crippen molar-refractivity contribution >= 4 is 28.1 Å². The summed E-state index contributed by atoms with van der Waals surface area (Å²) in [6, 6.07) is 3.64. The molecule has 0 aliphatic heterocycles. The lowest BCUT2D eigenvalue weighted by molar-refractivity contribution is -0.121. The van der Waals surface area contributed by atoms with Crippen LogP contribution in [0.1, 0.15) is 36.5 Å². The number of nitrogens with one attached hydrogen (secondary N) is 1. The lowest BCUT2D eigenvalue weighted by Gasteiger charge is -2.14. The molecule has 0 radical (unpaired) electrons. The third kappa shape index (κ3) is 4.74. The average Bonchev–Trinajstić information content (AvgIpc) is 3.25. The van der Waals surface area contributed by atoms with Crippen LogP contribution in [0.2, 0.25) is 0 Å². The van der Waals surface area contributed by atoms with Gasteiger partial charge in [0.05, 0.1) is 24.1 Å². The zero-order valence-corrected chi connectivity index (χ0v) is 13.4. The molecule has 1 aliphatic carbocycles. The summed E-state index contributed by atoms with van der Waals surface area (Å²) in [5.74, 6) is 1.01. The normalized spacial score (nSPS) is 13.6. The summed E-state index contributed by atoms with van der Waals surface area (Å²) < 4.78 is 11.8. The van der Waals surface area contributed by atoms with Gasteiger partial charge in [0.15, 0.2) is 11.5 Å². The number of ether oxygens (including phenoxy) is 2. The Balaban J connectivity index is 1.96. The molecule has 1 aromatic carbocycles. The van der Waals surface area contributed by atoms with Crippen LogP contribution in [0.15, 0.2) is 16.6 Å². The van der Waals surface area contributed by atoms with Crippen molar-refractivity contribution in [3.8, 4) is 11.5 Å². The molecule has 0 atom stereocenters. The molecule has 0 unspecified atom stereocenters. The van der Waals surface area contributed by atoms with Gasteiger partial charge in [-0.2, -0.15) is 0 Å². The van der Waals surface area contributed by atoms with Crippen molar-refractivity contribution in [2.24, 2.45) is 0 Å². The van der Waals surface area contributed by atoms with Crippen molar-refractivity contribution in [3.63, 3.8) is 0 Å². The predicted molar refractivity (Wildman–Crippen MR) is 82.0 cm³/mol. The number of rotatable bonds is 8. The van der Waals surface area contributed by atoms with Crippen LogP contribution in [0, 0.1) is 0 Å². The Labute approximate surface area is 132 Å². The van der Waals surface area contributed by atoms with Crippen molar-refractivity contribution < 1.29 is 19.1 Å². The Kier molecular flexibility index (Phi) is 5.61. The number of amides is 1. The van der Waals surface area contributed by atoms with Crippen LogP contribution in [0.5, 0.6) is 11.5 Å². The topological polar surface area (TPSA) is 64.6 Å². The molecule has 0 spiro atoms. The van der Waals surface area contributed by atoms with E-state index < -0.39 is 0 Å². The molecule has 0 aromatic heterocycles. The van der Waals surface area contributed by atoms with Crippen molar-refractivity contribution in [1.82, 2.24) is 5.32 Å². The number of hydrogen-bond acceptors (Lipinski definition) is 4. The standard InChI is InChI=1S/C15H18BrNO4/c1-2-20-13-8-10(9-18)7-12(16)15(13)21-6-5-14(19)17-11-3-4-11/h7-9,11H,2-6H2,1H3,(H,17,19). The van der Waals surface area contributed by atoms with Crippen molar-refractivity contribution in [2.45, 2.75) is 32.2 Å². The molecular formula is C15H18BrNO4. The van der Waals surface area contributed by atoms with Crippen LogP contribution in [-0.2, 0) is 4.79 Å².